The summed E-state index contributed by atoms with van der Waals surface area (Å²) >= 11 is 1.61. The number of aryl methyl sites for hydroxylation is 2. The van der Waals surface area contributed by atoms with Crippen molar-refractivity contribution in [1.29, 1.82) is 0 Å². The number of amides is 2. The smallest absolute Gasteiger partial charge is 0.262 e. The number of carbonyl (C=O) groups excluding carboxylic acids is 2. The van der Waals surface area contributed by atoms with Gasteiger partial charge in [-0.15, -0.1) is 11.3 Å². The monoisotopic (exact) mass is 330 g/mol. The van der Waals surface area contributed by atoms with Crippen LogP contribution in [0.3, 0.4) is 0 Å². The molecule has 0 saturated carbocycles. The van der Waals surface area contributed by atoms with Gasteiger partial charge in [-0.25, -0.2) is 0 Å². The fourth-order valence-corrected chi connectivity index (χ4v) is 3.51. The number of ether oxygens (including phenoxy) is 1. The van der Waals surface area contributed by atoms with Crippen LogP contribution >= 0.6 is 11.3 Å². The van der Waals surface area contributed by atoms with Crippen LogP contribution in [0.1, 0.15) is 38.6 Å². The van der Waals surface area contributed by atoms with Crippen LogP contribution < -0.4 is 15.4 Å². The molecule has 0 fully saturated rings. The SMILES string of the molecule is Cc1cc(C(=O)N[C@H](C)c2ccc3c(c2)NC(=O)CO3)c(C)s1. The molecule has 3 rings (SSSR count). The van der Waals surface area contributed by atoms with Gasteiger partial charge in [-0.1, -0.05) is 6.07 Å². The van der Waals surface area contributed by atoms with E-state index in [0.29, 0.717) is 17.0 Å². The molecule has 0 unspecified atom stereocenters. The van der Waals surface area contributed by atoms with Gasteiger partial charge in [-0.3, -0.25) is 9.59 Å². The molecular weight excluding hydrogens is 312 g/mol. The van der Waals surface area contributed by atoms with Crippen LogP contribution in [-0.2, 0) is 4.79 Å². The van der Waals surface area contributed by atoms with Crippen molar-refractivity contribution in [3.63, 3.8) is 0 Å². The first-order valence-electron chi connectivity index (χ1n) is 7.38. The highest BCUT2D eigenvalue weighted by atomic mass is 32.1. The Morgan fingerprint density at radius 2 is 2.13 bits per heavy atom. The number of thiophene rings is 1. The van der Waals surface area contributed by atoms with Gasteiger partial charge in [0.2, 0.25) is 0 Å². The minimum absolute atomic E-state index is 0.0371. The first-order valence-corrected chi connectivity index (χ1v) is 8.20. The summed E-state index contributed by atoms with van der Waals surface area (Å²) in [6.07, 6.45) is 0. The lowest BCUT2D eigenvalue weighted by Crippen LogP contribution is -2.28. The van der Waals surface area contributed by atoms with Crippen molar-refractivity contribution >= 4 is 28.8 Å². The largest absolute Gasteiger partial charge is 0.482 e. The molecule has 1 aliphatic heterocycles. The molecule has 0 saturated heterocycles. The Hall–Kier alpha value is -2.34. The molecule has 6 heteroatoms. The summed E-state index contributed by atoms with van der Waals surface area (Å²) in [4.78, 5) is 25.9. The maximum absolute atomic E-state index is 12.4. The fourth-order valence-electron chi connectivity index (χ4n) is 2.58. The normalized spacial score (nSPS) is 14.5. The Morgan fingerprint density at radius 3 is 2.83 bits per heavy atom. The van der Waals surface area contributed by atoms with Gasteiger partial charge in [0.1, 0.15) is 5.75 Å². The Morgan fingerprint density at radius 1 is 1.35 bits per heavy atom. The molecule has 1 atom stereocenters. The summed E-state index contributed by atoms with van der Waals surface area (Å²) in [5.74, 6) is 0.393. The molecule has 23 heavy (non-hydrogen) atoms. The minimum Gasteiger partial charge on any atom is -0.482 e. The summed E-state index contributed by atoms with van der Waals surface area (Å²) in [6, 6.07) is 7.28. The molecule has 1 aromatic heterocycles. The predicted octanol–water partition coefficient (Wildman–Crippen LogP) is 3.19. The summed E-state index contributed by atoms with van der Waals surface area (Å²) in [5, 5.41) is 5.78. The zero-order valence-corrected chi connectivity index (χ0v) is 14.0. The Balaban J connectivity index is 1.77. The molecule has 0 radical (unpaired) electrons. The van der Waals surface area contributed by atoms with E-state index in [2.05, 4.69) is 10.6 Å². The van der Waals surface area contributed by atoms with E-state index in [1.807, 2.05) is 45.0 Å². The summed E-state index contributed by atoms with van der Waals surface area (Å²) in [7, 11) is 0. The first-order chi connectivity index (χ1) is 10.9. The van der Waals surface area contributed by atoms with Crippen molar-refractivity contribution in [2.75, 3.05) is 11.9 Å². The number of hydrogen-bond acceptors (Lipinski definition) is 4. The van der Waals surface area contributed by atoms with E-state index in [0.717, 1.165) is 15.3 Å². The highest BCUT2D eigenvalue weighted by Gasteiger charge is 2.19. The van der Waals surface area contributed by atoms with Crippen molar-refractivity contribution in [3.8, 4) is 5.75 Å². The maximum Gasteiger partial charge on any atom is 0.262 e. The van der Waals surface area contributed by atoms with Crippen LogP contribution in [0, 0.1) is 13.8 Å². The van der Waals surface area contributed by atoms with E-state index in [1.54, 1.807) is 11.3 Å². The molecule has 120 valence electrons. The lowest BCUT2D eigenvalue weighted by Gasteiger charge is -2.21. The third kappa shape index (κ3) is 3.22. The molecule has 5 nitrogen and oxygen atoms in total. The molecule has 2 N–H and O–H groups in total. The molecular formula is C17H18N2O3S. The van der Waals surface area contributed by atoms with E-state index in [4.69, 9.17) is 4.74 Å². The van der Waals surface area contributed by atoms with Crippen LogP contribution in [0.15, 0.2) is 24.3 Å². The molecule has 2 aromatic rings. The fraction of sp³-hybridized carbons (Fsp3) is 0.294. The Kier molecular flexibility index (Phi) is 4.09. The molecule has 0 aliphatic carbocycles. The van der Waals surface area contributed by atoms with Gasteiger partial charge in [0, 0.05) is 9.75 Å². The van der Waals surface area contributed by atoms with Crippen molar-refractivity contribution in [2.45, 2.75) is 26.8 Å². The Bertz CT molecular complexity index is 782. The molecule has 1 aromatic carbocycles. The number of anilines is 1. The third-order valence-corrected chi connectivity index (χ3v) is 4.74. The number of nitrogens with one attached hydrogen (secondary N) is 2. The lowest BCUT2D eigenvalue weighted by molar-refractivity contribution is -0.118. The van der Waals surface area contributed by atoms with E-state index in [1.165, 1.54) is 0 Å². The second kappa shape index (κ2) is 6.04. The quantitative estimate of drug-likeness (QED) is 0.908. The predicted molar refractivity (Wildman–Crippen MR) is 90.2 cm³/mol. The molecule has 0 spiro atoms. The van der Waals surface area contributed by atoms with E-state index >= 15 is 0 Å². The first kappa shape index (κ1) is 15.6. The average molecular weight is 330 g/mol. The van der Waals surface area contributed by atoms with Gasteiger partial charge in [-0.2, -0.15) is 0 Å². The minimum atomic E-state index is -0.175. The van der Waals surface area contributed by atoms with Gasteiger partial charge in [0.25, 0.3) is 11.8 Å². The highest BCUT2D eigenvalue weighted by Crippen LogP contribution is 2.30. The highest BCUT2D eigenvalue weighted by molar-refractivity contribution is 7.12. The van der Waals surface area contributed by atoms with Gasteiger partial charge >= 0.3 is 0 Å². The van der Waals surface area contributed by atoms with Crippen LogP contribution in [0.5, 0.6) is 5.75 Å². The zero-order valence-electron chi connectivity index (χ0n) is 13.2. The molecule has 0 bridgehead atoms. The standard InChI is InChI=1S/C17H18N2O3S/c1-9-6-13(11(3)23-9)17(21)18-10(2)12-4-5-15-14(7-12)19-16(20)8-22-15/h4-7,10H,8H2,1-3H3,(H,18,21)(H,19,20)/t10-/m1/s1. The molecule has 2 amide bonds. The van der Waals surface area contributed by atoms with E-state index < -0.39 is 0 Å². The Labute approximate surface area is 138 Å². The van der Waals surface area contributed by atoms with Crippen LogP contribution in [0.25, 0.3) is 0 Å². The van der Waals surface area contributed by atoms with Crippen molar-refractivity contribution in [1.82, 2.24) is 5.32 Å². The van der Waals surface area contributed by atoms with Gasteiger partial charge < -0.3 is 15.4 Å². The second-order valence-electron chi connectivity index (χ2n) is 5.61. The molecule has 1 aliphatic rings. The van der Waals surface area contributed by atoms with E-state index in [-0.39, 0.29) is 24.5 Å². The average Bonchev–Trinajstić information content (AvgIpc) is 2.85. The number of benzene rings is 1. The summed E-state index contributed by atoms with van der Waals surface area (Å²) in [6.45, 7) is 5.89. The number of carbonyl (C=O) groups is 2. The lowest BCUT2D eigenvalue weighted by atomic mass is 10.1. The van der Waals surface area contributed by atoms with E-state index in [9.17, 15) is 9.59 Å². The van der Waals surface area contributed by atoms with Crippen LogP contribution in [-0.4, -0.2) is 18.4 Å². The number of fused-ring (bicyclic) bond motifs is 1. The zero-order chi connectivity index (χ0) is 16.6. The topological polar surface area (TPSA) is 67.4 Å². The van der Waals surface area contributed by atoms with Crippen molar-refractivity contribution < 1.29 is 14.3 Å². The number of rotatable bonds is 3. The van der Waals surface area contributed by atoms with Gasteiger partial charge in [-0.05, 0) is 44.5 Å². The number of hydrogen-bond donors (Lipinski definition) is 2. The summed E-state index contributed by atoms with van der Waals surface area (Å²) in [5.41, 5.74) is 2.27. The van der Waals surface area contributed by atoms with Gasteiger partial charge in [0.05, 0.1) is 17.3 Å². The molecule has 2 heterocycles. The second-order valence-corrected chi connectivity index (χ2v) is 7.07. The summed E-state index contributed by atoms with van der Waals surface area (Å²) < 4.78 is 5.34. The van der Waals surface area contributed by atoms with Gasteiger partial charge in [0.15, 0.2) is 6.61 Å². The van der Waals surface area contributed by atoms with Crippen molar-refractivity contribution in [2.24, 2.45) is 0 Å². The maximum atomic E-state index is 12.4. The van der Waals surface area contributed by atoms with Crippen molar-refractivity contribution in [3.05, 3.63) is 45.1 Å². The van der Waals surface area contributed by atoms with Crippen LogP contribution in [0.4, 0.5) is 5.69 Å². The third-order valence-electron chi connectivity index (χ3n) is 3.77. The van der Waals surface area contributed by atoms with Crippen LogP contribution in [0.2, 0.25) is 0 Å².